The zero-order chi connectivity index (χ0) is 26.7. The number of benzene rings is 2. The Labute approximate surface area is 224 Å². The highest BCUT2D eigenvalue weighted by Gasteiger charge is 2.30. The Morgan fingerprint density at radius 1 is 1.00 bits per heavy atom. The van der Waals surface area contributed by atoms with Crippen molar-refractivity contribution >= 4 is 45.5 Å². The molecule has 2 aromatic rings. The monoisotopic (exact) mass is 579 g/mol. The molecule has 0 aromatic heterocycles. The zero-order valence-electron chi connectivity index (χ0n) is 20.7. The van der Waals surface area contributed by atoms with Gasteiger partial charge in [-0.15, -0.1) is 0 Å². The van der Waals surface area contributed by atoms with Crippen LogP contribution in [-0.4, -0.2) is 58.1 Å². The minimum Gasteiger partial charge on any atom is -0.508 e. The molecule has 0 radical (unpaired) electrons. The molecular formula is C26H34BrN3O5S. The van der Waals surface area contributed by atoms with E-state index in [1.165, 1.54) is 11.8 Å². The van der Waals surface area contributed by atoms with Crippen molar-refractivity contribution in [2.75, 3.05) is 12.0 Å². The molecule has 0 aliphatic rings. The third-order valence-corrected chi connectivity index (χ3v) is 6.78. The van der Waals surface area contributed by atoms with Crippen LogP contribution in [0.25, 0.3) is 0 Å². The summed E-state index contributed by atoms with van der Waals surface area (Å²) >= 11 is 4.88. The second-order valence-electron chi connectivity index (χ2n) is 8.81. The molecule has 0 aliphatic heterocycles. The molecule has 36 heavy (non-hydrogen) atoms. The molecule has 2 aromatic carbocycles. The Morgan fingerprint density at radius 2 is 1.67 bits per heavy atom. The summed E-state index contributed by atoms with van der Waals surface area (Å²) in [5.74, 6) is -1.47. The van der Waals surface area contributed by atoms with Gasteiger partial charge in [0.1, 0.15) is 17.8 Å². The van der Waals surface area contributed by atoms with E-state index in [2.05, 4.69) is 31.9 Å². The number of aliphatic carboxylic acids is 1. The molecule has 2 amide bonds. The molecule has 0 saturated heterocycles. The summed E-state index contributed by atoms with van der Waals surface area (Å²) in [6.45, 7) is 4.01. The smallest absolute Gasteiger partial charge is 0.326 e. The molecule has 0 aliphatic carbocycles. The van der Waals surface area contributed by atoms with Gasteiger partial charge in [-0.25, -0.2) is 4.79 Å². The normalized spacial score (nSPS) is 13.6. The number of halogens is 1. The molecule has 0 spiro atoms. The van der Waals surface area contributed by atoms with Crippen LogP contribution < -0.4 is 16.0 Å². The van der Waals surface area contributed by atoms with Crippen LogP contribution in [0.1, 0.15) is 31.4 Å². The molecular weight excluding hydrogens is 546 g/mol. The first-order valence-electron chi connectivity index (χ1n) is 11.7. The lowest BCUT2D eigenvalue weighted by Crippen LogP contribution is -2.56. The number of carbonyl (C=O) groups is 3. The molecule has 8 nitrogen and oxygen atoms in total. The Balaban J connectivity index is 2.19. The van der Waals surface area contributed by atoms with E-state index in [9.17, 15) is 24.6 Å². The van der Waals surface area contributed by atoms with Gasteiger partial charge in [0, 0.05) is 23.0 Å². The number of hydrogen-bond donors (Lipinski definition) is 5. The van der Waals surface area contributed by atoms with E-state index in [-0.39, 0.29) is 37.0 Å². The number of amides is 2. The molecule has 3 atom stereocenters. The first-order valence-corrected chi connectivity index (χ1v) is 13.9. The van der Waals surface area contributed by atoms with Gasteiger partial charge in [0.2, 0.25) is 11.8 Å². The number of aromatic hydroxyl groups is 1. The van der Waals surface area contributed by atoms with Crippen molar-refractivity contribution in [2.45, 2.75) is 51.4 Å². The molecule has 10 heteroatoms. The summed E-state index contributed by atoms with van der Waals surface area (Å²) in [6, 6.07) is 11.6. The van der Waals surface area contributed by atoms with E-state index in [4.69, 9.17) is 0 Å². The Morgan fingerprint density at radius 3 is 2.28 bits per heavy atom. The Hall–Kier alpha value is -2.56. The van der Waals surface area contributed by atoms with Crippen LogP contribution in [0.3, 0.4) is 0 Å². The molecule has 0 heterocycles. The molecule has 196 valence electrons. The maximum absolute atomic E-state index is 13.3. The van der Waals surface area contributed by atoms with Crippen LogP contribution in [0.5, 0.6) is 5.75 Å². The van der Waals surface area contributed by atoms with E-state index in [1.54, 1.807) is 18.2 Å². The fourth-order valence-corrected chi connectivity index (χ4v) is 4.51. The summed E-state index contributed by atoms with van der Waals surface area (Å²) in [4.78, 5) is 38.1. The number of carboxylic acid groups (broad SMARTS) is 1. The van der Waals surface area contributed by atoms with Gasteiger partial charge in [-0.3, -0.25) is 9.59 Å². The maximum atomic E-state index is 13.3. The van der Waals surface area contributed by atoms with E-state index < -0.39 is 30.0 Å². The molecule has 0 unspecified atom stereocenters. The van der Waals surface area contributed by atoms with Crippen molar-refractivity contribution in [1.29, 1.82) is 0 Å². The van der Waals surface area contributed by atoms with Crippen molar-refractivity contribution in [1.82, 2.24) is 16.0 Å². The van der Waals surface area contributed by atoms with Crippen LogP contribution in [0, 0.1) is 5.92 Å². The highest BCUT2D eigenvalue weighted by molar-refractivity contribution is 9.10. The second-order valence-corrected chi connectivity index (χ2v) is 10.7. The van der Waals surface area contributed by atoms with Crippen molar-refractivity contribution in [3.8, 4) is 5.75 Å². The van der Waals surface area contributed by atoms with Crippen molar-refractivity contribution in [2.24, 2.45) is 5.92 Å². The average Bonchev–Trinajstić information content (AvgIpc) is 2.83. The fourth-order valence-electron chi connectivity index (χ4n) is 3.63. The summed E-state index contributed by atoms with van der Waals surface area (Å²) in [5.41, 5.74) is 1.46. The summed E-state index contributed by atoms with van der Waals surface area (Å²) in [5, 5.41) is 28.3. The van der Waals surface area contributed by atoms with E-state index >= 15 is 0 Å². The predicted octanol–water partition coefficient (Wildman–Crippen LogP) is 3.32. The van der Waals surface area contributed by atoms with Gasteiger partial charge in [-0.05, 0) is 48.1 Å². The molecule has 0 bridgehead atoms. The quantitative estimate of drug-likeness (QED) is 0.232. The highest BCUT2D eigenvalue weighted by Crippen LogP contribution is 2.22. The highest BCUT2D eigenvalue weighted by atomic mass is 79.9. The van der Waals surface area contributed by atoms with Crippen LogP contribution >= 0.6 is 27.7 Å². The third-order valence-electron chi connectivity index (χ3n) is 5.64. The van der Waals surface area contributed by atoms with Crippen LogP contribution in [0.2, 0.25) is 0 Å². The van der Waals surface area contributed by atoms with Crippen molar-refractivity contribution in [3.05, 3.63) is 64.1 Å². The molecule has 0 saturated carbocycles. The standard InChI is InChI=1S/C26H34BrN3O5S/c1-16(2)23(28-15-18-14-19(27)9-10-22(18)31)25(33)30-21(13-17-7-5-4-6-8-17)24(32)29-20(26(34)35)11-12-36-3/h4-10,14,16,20-21,23,28,31H,11-13,15H2,1-3H3,(H,29,32)(H,30,33)(H,34,35)/t20-,21-,23-/m0/s1. The van der Waals surface area contributed by atoms with E-state index in [0.29, 0.717) is 11.3 Å². The SMILES string of the molecule is CSCC[C@H](NC(=O)[C@H](Cc1ccccc1)NC(=O)[C@@H](NCc1cc(Br)ccc1O)C(C)C)C(=O)O. The van der Waals surface area contributed by atoms with Crippen molar-refractivity contribution in [3.63, 3.8) is 0 Å². The number of phenols is 1. The fraction of sp³-hybridized carbons (Fsp3) is 0.423. The number of rotatable bonds is 14. The first kappa shape index (κ1) is 29.7. The van der Waals surface area contributed by atoms with E-state index in [0.717, 1.165) is 10.0 Å². The largest absolute Gasteiger partial charge is 0.508 e. The minimum absolute atomic E-state index is 0.111. The number of thioether (sulfide) groups is 1. The first-order chi connectivity index (χ1) is 17.1. The molecule has 2 rings (SSSR count). The number of carbonyl (C=O) groups excluding carboxylic acids is 2. The Kier molecular flexibility index (Phi) is 12.3. The van der Waals surface area contributed by atoms with Gasteiger partial charge in [0.05, 0.1) is 6.04 Å². The lowest BCUT2D eigenvalue weighted by molar-refractivity contribution is -0.142. The van der Waals surface area contributed by atoms with Crippen LogP contribution in [0.4, 0.5) is 0 Å². The lowest BCUT2D eigenvalue weighted by atomic mass is 10.0. The number of phenolic OH excluding ortho intramolecular Hbond substituents is 1. The number of hydrogen-bond acceptors (Lipinski definition) is 6. The number of nitrogens with one attached hydrogen (secondary N) is 3. The van der Waals surface area contributed by atoms with Gasteiger partial charge in [-0.1, -0.05) is 60.1 Å². The average molecular weight is 581 g/mol. The van der Waals surface area contributed by atoms with Gasteiger partial charge in [-0.2, -0.15) is 11.8 Å². The third kappa shape index (κ3) is 9.48. The summed E-state index contributed by atoms with van der Waals surface area (Å²) < 4.78 is 0.803. The zero-order valence-corrected chi connectivity index (χ0v) is 23.1. The molecule has 0 fully saturated rings. The van der Waals surface area contributed by atoms with Gasteiger partial charge >= 0.3 is 5.97 Å². The van der Waals surface area contributed by atoms with Gasteiger partial charge in [0.25, 0.3) is 0 Å². The summed E-state index contributed by atoms with van der Waals surface area (Å²) in [7, 11) is 0. The second kappa shape index (κ2) is 14.9. The minimum atomic E-state index is -1.11. The Bertz CT molecular complexity index is 1020. The van der Waals surface area contributed by atoms with Crippen LogP contribution in [-0.2, 0) is 27.3 Å². The summed E-state index contributed by atoms with van der Waals surface area (Å²) in [6.07, 6.45) is 2.36. The van der Waals surface area contributed by atoms with Gasteiger partial charge < -0.3 is 26.2 Å². The van der Waals surface area contributed by atoms with Crippen LogP contribution in [0.15, 0.2) is 53.0 Å². The lowest BCUT2D eigenvalue weighted by Gasteiger charge is -2.26. The molecule has 5 N–H and O–H groups in total. The van der Waals surface area contributed by atoms with Gasteiger partial charge in [0.15, 0.2) is 0 Å². The predicted molar refractivity (Wildman–Crippen MR) is 146 cm³/mol. The topological polar surface area (TPSA) is 128 Å². The maximum Gasteiger partial charge on any atom is 0.326 e. The van der Waals surface area contributed by atoms with Crippen molar-refractivity contribution < 1.29 is 24.6 Å². The number of carboxylic acids is 1. The van der Waals surface area contributed by atoms with E-state index in [1.807, 2.05) is 50.4 Å².